The summed E-state index contributed by atoms with van der Waals surface area (Å²) in [5.74, 6) is -1.14. The van der Waals surface area contributed by atoms with Gasteiger partial charge in [-0.2, -0.15) is 4.31 Å². The predicted molar refractivity (Wildman–Crippen MR) is 227 cm³/mol. The van der Waals surface area contributed by atoms with Gasteiger partial charge in [0.2, 0.25) is 15.9 Å². The van der Waals surface area contributed by atoms with Crippen molar-refractivity contribution in [2.24, 2.45) is 11.5 Å². The lowest BCUT2D eigenvalue weighted by Crippen LogP contribution is -2.59. The number of hydrogen-bond acceptors (Lipinski definition) is 15. The second kappa shape index (κ2) is 27.4. The fraction of sp³-hybridized carbons (Fsp3) is 0.452. The number of phenolic OH excluding ortho intramolecular Hbond substituents is 1. The van der Waals surface area contributed by atoms with Crippen molar-refractivity contribution in [2.45, 2.75) is 68.3 Å². The van der Waals surface area contributed by atoms with Crippen LogP contribution >= 0.6 is 0 Å². The number of nitrogens with two attached hydrogens (primary N) is 2. The van der Waals surface area contributed by atoms with Gasteiger partial charge in [-0.25, -0.2) is 27.9 Å². The van der Waals surface area contributed by atoms with Gasteiger partial charge in [0, 0.05) is 32.5 Å². The van der Waals surface area contributed by atoms with Crippen molar-refractivity contribution in [1.29, 1.82) is 0 Å². The summed E-state index contributed by atoms with van der Waals surface area (Å²) >= 11 is 0. The van der Waals surface area contributed by atoms with Gasteiger partial charge in [0.15, 0.2) is 0 Å². The van der Waals surface area contributed by atoms with Crippen LogP contribution in [0.25, 0.3) is 0 Å². The van der Waals surface area contributed by atoms with Gasteiger partial charge in [-0.05, 0) is 85.0 Å². The summed E-state index contributed by atoms with van der Waals surface area (Å²) in [4.78, 5) is 58.7. The Morgan fingerprint density at radius 1 is 0.891 bits per heavy atom. The number of phenols is 1. The first-order valence-corrected chi connectivity index (χ1v) is 21.9. The Balaban J connectivity index is 0.000000341. The molecule has 1 fully saturated rings. The molecule has 3 aromatic carbocycles. The highest BCUT2D eigenvalue weighted by Gasteiger charge is 2.51. The van der Waals surface area contributed by atoms with Crippen LogP contribution in [0.1, 0.15) is 50.2 Å². The van der Waals surface area contributed by atoms with Crippen LogP contribution in [0.15, 0.2) is 71.6 Å². The molecule has 1 aliphatic carbocycles. The molecule has 64 heavy (non-hydrogen) atoms. The third kappa shape index (κ3) is 16.7. The number of sulfonamides is 1. The van der Waals surface area contributed by atoms with Gasteiger partial charge in [-0.15, -0.1) is 0 Å². The highest BCUT2D eigenvalue weighted by molar-refractivity contribution is 7.89. The molecule has 9 N–H and O–H groups in total. The molecular formula is C42H57FN6O14S. The average Bonchev–Trinajstić information content (AvgIpc) is 3.77. The molecule has 4 rings (SSSR count). The third-order valence-corrected chi connectivity index (χ3v) is 11.6. The number of rotatable bonds is 25. The van der Waals surface area contributed by atoms with Gasteiger partial charge in [-0.3, -0.25) is 14.8 Å². The number of primary amides is 1. The predicted octanol–water partition coefficient (Wildman–Crippen LogP) is 2.81. The van der Waals surface area contributed by atoms with E-state index in [1.807, 2.05) is 6.92 Å². The zero-order valence-electron chi connectivity index (χ0n) is 35.5. The SMILES string of the molecule is CCc1cc(CC(NC(=O)OC(=O)NCCOCCOCCOCCN)C(N)=O)ccc1O.O=CCCN(C1(C(=O)NO)CCCC1)S(=O)(=O)c1ccc(Oc2ccc(F)cc2)cc1. The molecule has 0 spiro atoms. The zero-order chi connectivity index (χ0) is 47.0. The Kier molecular flexibility index (Phi) is 22.5. The Morgan fingerprint density at radius 3 is 2.05 bits per heavy atom. The molecule has 0 bridgehead atoms. The van der Waals surface area contributed by atoms with E-state index in [0.29, 0.717) is 87.8 Å². The van der Waals surface area contributed by atoms with Crippen LogP contribution in [-0.4, -0.2) is 124 Å². The van der Waals surface area contributed by atoms with E-state index in [9.17, 15) is 47.1 Å². The minimum Gasteiger partial charge on any atom is -0.508 e. The summed E-state index contributed by atoms with van der Waals surface area (Å²) < 4.78 is 66.7. The van der Waals surface area contributed by atoms with Crippen molar-refractivity contribution in [2.75, 3.05) is 59.3 Å². The van der Waals surface area contributed by atoms with Gasteiger partial charge in [0.1, 0.15) is 40.9 Å². The van der Waals surface area contributed by atoms with Crippen LogP contribution in [0.3, 0.4) is 0 Å². The van der Waals surface area contributed by atoms with E-state index in [2.05, 4.69) is 15.4 Å². The summed E-state index contributed by atoms with van der Waals surface area (Å²) in [6.45, 7) is 4.52. The van der Waals surface area contributed by atoms with Crippen molar-refractivity contribution in [1.82, 2.24) is 20.4 Å². The number of aromatic hydroxyl groups is 1. The molecule has 0 radical (unpaired) electrons. The number of ether oxygens (including phenoxy) is 5. The number of aldehydes is 1. The average molecular weight is 921 g/mol. The molecule has 1 saturated carbocycles. The van der Waals surface area contributed by atoms with E-state index in [-0.39, 0.29) is 56.0 Å². The number of nitrogens with zero attached hydrogens (tertiary/aromatic N) is 1. The highest BCUT2D eigenvalue weighted by Crippen LogP contribution is 2.39. The topological polar surface area (TPSA) is 297 Å². The first kappa shape index (κ1) is 52.6. The van der Waals surface area contributed by atoms with Crippen molar-refractivity contribution >= 4 is 40.3 Å². The second-order valence-electron chi connectivity index (χ2n) is 14.1. The van der Waals surface area contributed by atoms with Gasteiger partial charge in [-0.1, -0.05) is 31.9 Å². The number of carbonyl (C=O) groups is 5. The summed E-state index contributed by atoms with van der Waals surface area (Å²) in [7, 11) is -4.17. The molecule has 0 heterocycles. The number of halogens is 1. The summed E-state index contributed by atoms with van der Waals surface area (Å²) in [5.41, 5.74) is 12.1. The molecule has 0 saturated heterocycles. The molecule has 22 heteroatoms. The Morgan fingerprint density at radius 2 is 1.48 bits per heavy atom. The largest absolute Gasteiger partial charge is 0.508 e. The van der Waals surface area contributed by atoms with Crippen LogP contribution in [0.4, 0.5) is 14.0 Å². The fourth-order valence-electron chi connectivity index (χ4n) is 6.48. The lowest BCUT2D eigenvalue weighted by atomic mass is 9.96. The number of hydroxylamine groups is 1. The maximum Gasteiger partial charge on any atom is 0.416 e. The van der Waals surface area contributed by atoms with Crippen LogP contribution in [0, 0.1) is 5.82 Å². The van der Waals surface area contributed by atoms with E-state index in [1.165, 1.54) is 54.6 Å². The molecule has 1 aliphatic rings. The minimum atomic E-state index is -4.17. The number of hydrogen-bond donors (Lipinski definition) is 7. The first-order chi connectivity index (χ1) is 30.7. The first-order valence-electron chi connectivity index (χ1n) is 20.4. The van der Waals surface area contributed by atoms with Crippen molar-refractivity contribution < 1.29 is 70.8 Å². The molecule has 4 amide bonds. The highest BCUT2D eigenvalue weighted by atomic mass is 32.2. The summed E-state index contributed by atoms with van der Waals surface area (Å²) in [5, 5.41) is 23.6. The zero-order valence-corrected chi connectivity index (χ0v) is 36.3. The summed E-state index contributed by atoms with van der Waals surface area (Å²) in [6.07, 6.45) is 0.768. The van der Waals surface area contributed by atoms with Crippen molar-refractivity contribution in [3.05, 3.63) is 83.7 Å². The molecule has 3 aromatic rings. The Bertz CT molecular complexity index is 2060. The van der Waals surface area contributed by atoms with E-state index in [4.69, 9.17) is 30.4 Å². The van der Waals surface area contributed by atoms with E-state index < -0.39 is 51.4 Å². The summed E-state index contributed by atoms with van der Waals surface area (Å²) in [6, 6.07) is 14.7. The molecule has 0 aliphatic heterocycles. The fourth-order valence-corrected chi connectivity index (χ4v) is 8.29. The molecular weight excluding hydrogens is 864 g/mol. The molecule has 352 valence electrons. The Labute approximate surface area is 370 Å². The van der Waals surface area contributed by atoms with Crippen molar-refractivity contribution in [3.63, 3.8) is 0 Å². The quantitative estimate of drug-likeness (QED) is 0.0211. The van der Waals surface area contributed by atoms with Crippen LogP contribution in [0.2, 0.25) is 0 Å². The van der Waals surface area contributed by atoms with Gasteiger partial charge >= 0.3 is 12.2 Å². The van der Waals surface area contributed by atoms with Gasteiger partial charge in [0.05, 0.1) is 44.5 Å². The van der Waals surface area contributed by atoms with Crippen LogP contribution in [0.5, 0.6) is 17.2 Å². The molecule has 1 unspecified atom stereocenters. The van der Waals surface area contributed by atoms with Crippen LogP contribution < -0.4 is 32.3 Å². The van der Waals surface area contributed by atoms with Crippen LogP contribution in [-0.2, 0) is 56.2 Å². The number of nitrogens with one attached hydrogen (secondary N) is 3. The number of amides is 4. The van der Waals surface area contributed by atoms with Gasteiger partial charge < -0.3 is 55.7 Å². The monoisotopic (exact) mass is 920 g/mol. The number of aryl methyl sites for hydroxylation is 1. The maximum atomic E-state index is 13.4. The number of carbonyl (C=O) groups excluding carboxylic acids is 5. The van der Waals surface area contributed by atoms with E-state index in [0.717, 1.165) is 4.31 Å². The number of alkyl carbamates (subject to hydrolysis) is 2. The van der Waals surface area contributed by atoms with E-state index in [1.54, 1.807) is 17.6 Å². The van der Waals surface area contributed by atoms with Gasteiger partial charge in [0.25, 0.3) is 5.91 Å². The Hall–Kier alpha value is -5.75. The molecule has 1 atom stereocenters. The lowest BCUT2D eigenvalue weighted by molar-refractivity contribution is -0.139. The third-order valence-electron chi connectivity index (χ3n) is 9.65. The smallest absolute Gasteiger partial charge is 0.416 e. The second-order valence-corrected chi connectivity index (χ2v) is 16.0. The normalized spacial score (nSPS) is 13.5. The minimum absolute atomic E-state index is 0.0778. The standard InChI is InChI=1S/C21H23FN2O6S.C21H34N4O8/c22-16-4-6-17(7-5-16)30-18-8-10-19(11-9-18)31(28,29)24(14-3-15-25)21(20(26)23-27)12-1-2-13-21;1-2-16-13-15(3-4-18(16)26)14-17(19(23)27)25-21(29)33-20(28)24-6-8-31-10-12-32-11-9-30-7-5-22/h4-11,15,27H,1-3,12-14H2,(H,23,26);3-4,13,17,26H,2,5-12,14,22H2,1H3,(H2,23,27)(H,24,28)(H,25,29). The molecule has 20 nitrogen and oxygen atoms in total. The van der Waals surface area contributed by atoms with Crippen molar-refractivity contribution in [3.8, 4) is 17.2 Å². The molecule has 0 aromatic heterocycles. The van der Waals surface area contributed by atoms with E-state index >= 15 is 0 Å². The maximum absolute atomic E-state index is 13.4. The lowest BCUT2D eigenvalue weighted by Gasteiger charge is -2.38. The number of benzene rings is 3.